The molecule has 148 valence electrons. The summed E-state index contributed by atoms with van der Waals surface area (Å²) in [6, 6.07) is 14.1. The molecule has 0 bridgehead atoms. The summed E-state index contributed by atoms with van der Waals surface area (Å²) in [6.07, 6.45) is -0.366. The summed E-state index contributed by atoms with van der Waals surface area (Å²) in [5.74, 6) is -0.827. The quantitative estimate of drug-likeness (QED) is 0.585. The third-order valence-corrected chi connectivity index (χ3v) is 4.47. The van der Waals surface area contributed by atoms with Gasteiger partial charge in [0.15, 0.2) is 11.5 Å². The first-order chi connectivity index (χ1) is 14.0. The van der Waals surface area contributed by atoms with Crippen LogP contribution in [0, 0.1) is 0 Å². The van der Waals surface area contributed by atoms with Crippen molar-refractivity contribution in [2.24, 2.45) is 0 Å². The van der Waals surface area contributed by atoms with E-state index in [0.29, 0.717) is 22.7 Å². The van der Waals surface area contributed by atoms with E-state index in [0.717, 1.165) is 6.07 Å². The van der Waals surface area contributed by atoms with Gasteiger partial charge in [-0.2, -0.15) is 0 Å². The van der Waals surface area contributed by atoms with E-state index in [9.17, 15) is 19.5 Å². The maximum atomic E-state index is 12.7. The van der Waals surface area contributed by atoms with E-state index >= 15 is 0 Å². The minimum atomic E-state index is -1.10. The number of para-hydroxylation sites is 2. The molecule has 1 aromatic heterocycles. The average Bonchev–Trinajstić information content (AvgIpc) is 3.34. The lowest BCUT2D eigenvalue weighted by Gasteiger charge is -2.18. The van der Waals surface area contributed by atoms with Crippen LogP contribution in [0.15, 0.2) is 59.4 Å². The topological polar surface area (TPSA) is 123 Å². The predicted molar refractivity (Wildman–Crippen MR) is 101 cm³/mol. The zero-order valence-corrected chi connectivity index (χ0v) is 15.1. The van der Waals surface area contributed by atoms with Crippen LogP contribution in [0.25, 0.3) is 5.69 Å². The number of carbonyl (C=O) groups is 2. The largest absolute Gasteiger partial charge is 0.481 e. The molecule has 0 spiro atoms. The van der Waals surface area contributed by atoms with Gasteiger partial charge < -0.3 is 19.9 Å². The molecule has 0 aliphatic carbocycles. The molecular formula is C20H17N3O6. The van der Waals surface area contributed by atoms with Crippen LogP contribution in [0.5, 0.6) is 11.5 Å². The lowest BCUT2D eigenvalue weighted by atomic mass is 10.0. The Balaban J connectivity index is 1.62. The van der Waals surface area contributed by atoms with Gasteiger partial charge in [-0.1, -0.05) is 30.3 Å². The highest BCUT2D eigenvalue weighted by molar-refractivity contribution is 5.92. The molecule has 3 N–H and O–H groups in total. The number of nitrogens with one attached hydrogen (secondary N) is 2. The fraction of sp³-hybridized carbons (Fsp3) is 0.150. The highest BCUT2D eigenvalue weighted by Crippen LogP contribution is 2.39. The first-order valence-electron chi connectivity index (χ1n) is 8.81. The molecule has 0 radical (unpaired) electrons. The number of nitrogens with zero attached hydrogens (tertiary/aromatic N) is 1. The predicted octanol–water partition coefficient (Wildman–Crippen LogP) is 1.84. The first kappa shape index (κ1) is 18.4. The molecule has 2 aromatic carbocycles. The average molecular weight is 395 g/mol. The van der Waals surface area contributed by atoms with Gasteiger partial charge in [0.25, 0.3) is 11.5 Å². The van der Waals surface area contributed by atoms with Crippen LogP contribution >= 0.6 is 0 Å². The van der Waals surface area contributed by atoms with Gasteiger partial charge in [0.1, 0.15) is 5.69 Å². The van der Waals surface area contributed by atoms with Crippen LogP contribution in [0.4, 0.5) is 0 Å². The molecule has 9 nitrogen and oxygen atoms in total. The van der Waals surface area contributed by atoms with Crippen LogP contribution in [0.3, 0.4) is 0 Å². The van der Waals surface area contributed by atoms with E-state index in [4.69, 9.17) is 9.47 Å². The summed E-state index contributed by atoms with van der Waals surface area (Å²) < 4.78 is 12.0. The number of benzene rings is 2. The van der Waals surface area contributed by atoms with E-state index in [2.05, 4.69) is 10.4 Å². The second-order valence-electron chi connectivity index (χ2n) is 6.38. The van der Waals surface area contributed by atoms with Crippen molar-refractivity contribution in [2.45, 2.75) is 12.5 Å². The molecule has 1 unspecified atom stereocenters. The molecular weight excluding hydrogens is 378 g/mol. The molecule has 1 atom stereocenters. The van der Waals surface area contributed by atoms with Crippen LogP contribution in [-0.4, -0.2) is 33.6 Å². The molecule has 0 saturated heterocycles. The van der Waals surface area contributed by atoms with E-state index in [1.807, 2.05) is 6.07 Å². The summed E-state index contributed by atoms with van der Waals surface area (Å²) in [5.41, 5.74) is 0.665. The number of hydrogen-bond donors (Lipinski definition) is 3. The van der Waals surface area contributed by atoms with Crippen LogP contribution in [0.2, 0.25) is 0 Å². The second kappa shape index (κ2) is 7.55. The molecule has 0 fully saturated rings. The Bertz CT molecular complexity index is 1120. The Hall–Kier alpha value is -4.01. The van der Waals surface area contributed by atoms with Gasteiger partial charge in [0.05, 0.1) is 18.2 Å². The van der Waals surface area contributed by atoms with E-state index in [-0.39, 0.29) is 18.9 Å². The van der Waals surface area contributed by atoms with Crippen molar-refractivity contribution in [2.75, 3.05) is 6.79 Å². The minimum absolute atomic E-state index is 0.0130. The number of carbonyl (C=O) groups excluding carboxylic acids is 1. The van der Waals surface area contributed by atoms with Crippen molar-refractivity contribution < 1.29 is 24.2 Å². The maximum Gasteiger partial charge on any atom is 0.305 e. The van der Waals surface area contributed by atoms with Crippen molar-refractivity contribution in [3.05, 3.63) is 76.2 Å². The van der Waals surface area contributed by atoms with Gasteiger partial charge in [-0.05, 0) is 18.2 Å². The SMILES string of the molecule is O=C(O)CC(NC(=O)c1cc(=O)n(-c2ccccc2)[nH]1)c1cccc2c1OCO2. The maximum absolute atomic E-state index is 12.7. The van der Waals surface area contributed by atoms with Crippen LogP contribution in [0.1, 0.15) is 28.5 Å². The fourth-order valence-electron chi connectivity index (χ4n) is 3.16. The number of H-pyrrole nitrogens is 1. The summed E-state index contributed by atoms with van der Waals surface area (Å²) >= 11 is 0. The molecule has 0 saturated carbocycles. The number of carboxylic acids is 1. The highest BCUT2D eigenvalue weighted by Gasteiger charge is 2.27. The molecule has 9 heteroatoms. The van der Waals surface area contributed by atoms with Gasteiger partial charge in [-0.25, -0.2) is 4.68 Å². The molecule has 2 heterocycles. The summed E-state index contributed by atoms with van der Waals surface area (Å²) in [4.78, 5) is 36.4. The molecule has 3 aromatic rings. The monoisotopic (exact) mass is 395 g/mol. The Morgan fingerprint density at radius 1 is 1.14 bits per heavy atom. The normalized spacial score (nSPS) is 13.1. The molecule has 1 aliphatic heterocycles. The van der Waals surface area contributed by atoms with Crippen molar-refractivity contribution in [3.63, 3.8) is 0 Å². The van der Waals surface area contributed by atoms with Gasteiger partial charge >= 0.3 is 5.97 Å². The number of amides is 1. The zero-order valence-electron chi connectivity index (χ0n) is 15.1. The number of aromatic amines is 1. The van der Waals surface area contributed by atoms with Gasteiger partial charge in [-0.3, -0.25) is 19.5 Å². The number of aliphatic carboxylic acids is 1. The van der Waals surface area contributed by atoms with E-state index < -0.39 is 23.5 Å². The summed E-state index contributed by atoms with van der Waals surface area (Å²) in [6.45, 7) is 0.0212. The first-order valence-corrected chi connectivity index (χ1v) is 8.81. The molecule has 1 amide bonds. The fourth-order valence-corrected chi connectivity index (χ4v) is 3.16. The summed E-state index contributed by atoms with van der Waals surface area (Å²) in [5, 5.41) is 14.7. The minimum Gasteiger partial charge on any atom is -0.481 e. The van der Waals surface area contributed by atoms with E-state index in [1.165, 1.54) is 4.68 Å². The van der Waals surface area contributed by atoms with Crippen molar-refractivity contribution in [3.8, 4) is 17.2 Å². The van der Waals surface area contributed by atoms with Gasteiger partial charge in [-0.15, -0.1) is 0 Å². The Morgan fingerprint density at radius 2 is 1.93 bits per heavy atom. The molecule has 4 rings (SSSR count). The standard InChI is InChI=1S/C20H17N3O6/c24-17-9-15(22-23(17)12-5-2-1-3-6-12)20(27)21-14(10-18(25)26)13-7-4-8-16-19(13)29-11-28-16/h1-9,14,22H,10-11H2,(H,21,27)(H,25,26). The lowest BCUT2D eigenvalue weighted by molar-refractivity contribution is -0.137. The molecule has 29 heavy (non-hydrogen) atoms. The van der Waals surface area contributed by atoms with Crippen LogP contribution < -0.4 is 20.3 Å². The van der Waals surface area contributed by atoms with Crippen molar-refractivity contribution in [1.29, 1.82) is 0 Å². The van der Waals surface area contributed by atoms with Crippen molar-refractivity contribution >= 4 is 11.9 Å². The number of ether oxygens (including phenoxy) is 2. The number of fused-ring (bicyclic) bond motifs is 1. The smallest absolute Gasteiger partial charge is 0.305 e. The van der Waals surface area contributed by atoms with Gasteiger partial charge in [0.2, 0.25) is 6.79 Å². The third-order valence-electron chi connectivity index (χ3n) is 4.47. The number of rotatable bonds is 6. The Kier molecular flexibility index (Phi) is 4.78. The number of aromatic nitrogens is 2. The number of hydrogen-bond acceptors (Lipinski definition) is 5. The highest BCUT2D eigenvalue weighted by atomic mass is 16.7. The molecule has 1 aliphatic rings. The second-order valence-corrected chi connectivity index (χ2v) is 6.38. The van der Waals surface area contributed by atoms with Crippen molar-refractivity contribution in [1.82, 2.24) is 15.1 Å². The lowest BCUT2D eigenvalue weighted by Crippen LogP contribution is -2.30. The Labute approximate surface area is 164 Å². The third kappa shape index (κ3) is 3.70. The Morgan fingerprint density at radius 3 is 2.69 bits per heavy atom. The van der Waals surface area contributed by atoms with E-state index in [1.54, 1.807) is 42.5 Å². The summed E-state index contributed by atoms with van der Waals surface area (Å²) in [7, 11) is 0. The van der Waals surface area contributed by atoms with Gasteiger partial charge in [0, 0.05) is 11.6 Å². The zero-order chi connectivity index (χ0) is 20.4. The van der Waals surface area contributed by atoms with Crippen LogP contribution in [-0.2, 0) is 4.79 Å². The number of carboxylic acid groups (broad SMARTS) is 1.